The number of hydrogen-bond donors (Lipinski definition) is 1. The molecular formula is C30H29NO4. The smallest absolute Gasteiger partial charge is 0.323 e. The van der Waals surface area contributed by atoms with Gasteiger partial charge in [0.25, 0.3) is 0 Å². The third-order valence-corrected chi connectivity index (χ3v) is 5.46. The molecule has 5 nitrogen and oxygen atoms in total. The zero-order valence-electron chi connectivity index (χ0n) is 19.5. The van der Waals surface area contributed by atoms with Gasteiger partial charge in [0.05, 0.1) is 0 Å². The molecule has 0 aromatic heterocycles. The Balaban J connectivity index is 1.42. The first-order valence-electron chi connectivity index (χ1n) is 11.6. The van der Waals surface area contributed by atoms with Gasteiger partial charge < -0.3 is 19.9 Å². The van der Waals surface area contributed by atoms with E-state index in [1.165, 1.54) is 0 Å². The molecule has 35 heavy (non-hydrogen) atoms. The van der Waals surface area contributed by atoms with Crippen molar-refractivity contribution in [3.63, 3.8) is 0 Å². The molecule has 1 atom stereocenters. The van der Waals surface area contributed by atoms with E-state index in [2.05, 4.69) is 0 Å². The molecule has 0 radical (unpaired) electrons. The van der Waals surface area contributed by atoms with E-state index >= 15 is 0 Å². The lowest BCUT2D eigenvalue weighted by atomic mass is 10.1. The number of esters is 1. The largest absolute Gasteiger partial charge is 0.485 e. The Kier molecular flexibility index (Phi) is 8.52. The van der Waals surface area contributed by atoms with Crippen molar-refractivity contribution in [2.24, 2.45) is 5.73 Å². The normalized spacial score (nSPS) is 11.5. The summed E-state index contributed by atoms with van der Waals surface area (Å²) < 4.78 is 17.6. The van der Waals surface area contributed by atoms with Gasteiger partial charge in [-0.2, -0.15) is 0 Å². The van der Waals surface area contributed by atoms with Crippen LogP contribution in [0.2, 0.25) is 0 Å². The molecule has 4 aromatic rings. The Morgan fingerprint density at radius 1 is 0.600 bits per heavy atom. The Hall–Kier alpha value is -4.09. The summed E-state index contributed by atoms with van der Waals surface area (Å²) in [4.78, 5) is 12.4. The van der Waals surface area contributed by atoms with Crippen molar-refractivity contribution < 1.29 is 19.0 Å². The molecule has 178 valence electrons. The van der Waals surface area contributed by atoms with E-state index in [9.17, 15) is 4.79 Å². The van der Waals surface area contributed by atoms with Crippen LogP contribution in [-0.2, 0) is 35.8 Å². The summed E-state index contributed by atoms with van der Waals surface area (Å²) in [5.41, 5.74) is 10.1. The van der Waals surface area contributed by atoms with Crippen molar-refractivity contribution in [3.8, 4) is 11.5 Å². The van der Waals surface area contributed by atoms with E-state index in [1.807, 2.05) is 109 Å². The summed E-state index contributed by atoms with van der Waals surface area (Å²) in [7, 11) is 0. The van der Waals surface area contributed by atoms with Crippen molar-refractivity contribution in [1.29, 1.82) is 0 Å². The van der Waals surface area contributed by atoms with Crippen LogP contribution in [0.4, 0.5) is 0 Å². The molecule has 0 aliphatic carbocycles. The van der Waals surface area contributed by atoms with Crippen LogP contribution in [0.3, 0.4) is 0 Å². The number of rotatable bonds is 11. The Morgan fingerprint density at radius 3 is 1.63 bits per heavy atom. The quantitative estimate of drug-likeness (QED) is 0.297. The monoisotopic (exact) mass is 467 g/mol. The Morgan fingerprint density at radius 2 is 1.09 bits per heavy atom. The molecule has 0 aliphatic heterocycles. The average molecular weight is 468 g/mol. The minimum Gasteiger partial charge on any atom is -0.485 e. The second-order valence-corrected chi connectivity index (χ2v) is 8.23. The Bertz CT molecular complexity index is 1200. The molecule has 0 amide bonds. The van der Waals surface area contributed by atoms with Crippen molar-refractivity contribution in [3.05, 3.63) is 131 Å². The van der Waals surface area contributed by atoms with Gasteiger partial charge in [-0.25, -0.2) is 0 Å². The lowest BCUT2D eigenvalue weighted by molar-refractivity contribution is -0.146. The minimum absolute atomic E-state index is 0.199. The first-order chi connectivity index (χ1) is 17.2. The van der Waals surface area contributed by atoms with Crippen LogP contribution < -0.4 is 15.2 Å². The summed E-state index contributed by atoms with van der Waals surface area (Å²) >= 11 is 0. The summed E-state index contributed by atoms with van der Waals surface area (Å²) in [6, 6.07) is 34.3. The van der Waals surface area contributed by atoms with Gasteiger partial charge in [0.2, 0.25) is 0 Å². The lowest BCUT2D eigenvalue weighted by Gasteiger charge is -2.16. The first kappa shape index (κ1) is 24.0. The molecule has 0 saturated heterocycles. The maximum absolute atomic E-state index is 12.4. The second-order valence-electron chi connectivity index (χ2n) is 8.23. The van der Waals surface area contributed by atoms with Gasteiger partial charge in [-0.3, -0.25) is 4.79 Å². The summed E-state index contributed by atoms with van der Waals surface area (Å²) in [6.07, 6.45) is 0.328. The van der Waals surface area contributed by atoms with Gasteiger partial charge in [-0.15, -0.1) is 0 Å². The summed E-state index contributed by atoms with van der Waals surface area (Å²) in [6.45, 7) is 1.02. The molecular weight excluding hydrogens is 438 g/mol. The fourth-order valence-electron chi connectivity index (χ4n) is 3.56. The highest BCUT2D eigenvalue weighted by molar-refractivity contribution is 5.76. The minimum atomic E-state index is -0.781. The standard InChI is InChI=1S/C30H29NO4/c31-27(30(32)35-22-25-14-8-3-9-15-25)18-26-16-17-28(33-20-23-10-4-1-5-11-23)29(19-26)34-21-24-12-6-2-7-13-24/h1-17,19,27H,18,20-22,31H2/t27-/m0/s1. The van der Waals surface area contributed by atoms with Gasteiger partial charge >= 0.3 is 5.97 Å². The van der Waals surface area contributed by atoms with Crippen LogP contribution in [0.1, 0.15) is 22.3 Å². The number of benzene rings is 4. The van der Waals surface area contributed by atoms with Crippen LogP contribution in [0.25, 0.3) is 0 Å². The maximum Gasteiger partial charge on any atom is 0.323 e. The summed E-state index contributed by atoms with van der Waals surface area (Å²) in [5.74, 6) is 0.797. The van der Waals surface area contributed by atoms with Gasteiger partial charge in [0.15, 0.2) is 11.5 Å². The molecule has 5 heteroatoms. The van der Waals surface area contributed by atoms with Crippen molar-refractivity contribution in [2.45, 2.75) is 32.3 Å². The fraction of sp³-hybridized carbons (Fsp3) is 0.167. The van der Waals surface area contributed by atoms with Gasteiger partial charge in [-0.1, -0.05) is 97.1 Å². The molecule has 0 heterocycles. The molecule has 0 fully saturated rings. The molecule has 0 saturated carbocycles. The Labute approximate surface area is 206 Å². The number of carbonyl (C=O) groups is 1. The number of ether oxygens (including phenoxy) is 3. The number of hydrogen-bond acceptors (Lipinski definition) is 5. The van der Waals surface area contributed by atoms with Crippen LogP contribution >= 0.6 is 0 Å². The SMILES string of the molecule is N[C@@H](Cc1ccc(OCc2ccccc2)c(OCc2ccccc2)c1)C(=O)OCc1ccccc1. The van der Waals surface area contributed by atoms with E-state index in [4.69, 9.17) is 19.9 Å². The van der Waals surface area contributed by atoms with Gasteiger partial charge in [0.1, 0.15) is 25.9 Å². The predicted octanol–water partition coefficient (Wildman–Crippen LogP) is 5.46. The van der Waals surface area contributed by atoms with Crippen LogP contribution in [0, 0.1) is 0 Å². The van der Waals surface area contributed by atoms with E-state index in [0.717, 1.165) is 22.3 Å². The highest BCUT2D eigenvalue weighted by atomic mass is 16.5. The zero-order chi connectivity index (χ0) is 24.3. The molecule has 4 rings (SSSR count). The summed E-state index contributed by atoms with van der Waals surface area (Å²) in [5, 5.41) is 0. The average Bonchev–Trinajstić information content (AvgIpc) is 2.91. The van der Waals surface area contributed by atoms with Crippen LogP contribution in [0.5, 0.6) is 11.5 Å². The third kappa shape index (κ3) is 7.45. The number of nitrogens with two attached hydrogens (primary N) is 1. The third-order valence-electron chi connectivity index (χ3n) is 5.46. The molecule has 0 unspecified atom stereocenters. The van der Waals surface area contributed by atoms with E-state index < -0.39 is 12.0 Å². The van der Waals surface area contributed by atoms with E-state index in [0.29, 0.717) is 31.1 Å². The number of carbonyl (C=O) groups excluding carboxylic acids is 1. The molecule has 0 spiro atoms. The maximum atomic E-state index is 12.4. The topological polar surface area (TPSA) is 70.8 Å². The van der Waals surface area contributed by atoms with Crippen LogP contribution in [-0.4, -0.2) is 12.0 Å². The molecule has 2 N–H and O–H groups in total. The second kappa shape index (κ2) is 12.4. The molecule has 4 aromatic carbocycles. The zero-order valence-corrected chi connectivity index (χ0v) is 19.5. The lowest BCUT2D eigenvalue weighted by Crippen LogP contribution is -2.34. The highest BCUT2D eigenvalue weighted by Gasteiger charge is 2.17. The van der Waals surface area contributed by atoms with Crippen molar-refractivity contribution in [1.82, 2.24) is 0 Å². The van der Waals surface area contributed by atoms with Crippen molar-refractivity contribution in [2.75, 3.05) is 0 Å². The van der Waals surface area contributed by atoms with Gasteiger partial charge in [0, 0.05) is 0 Å². The first-order valence-corrected chi connectivity index (χ1v) is 11.6. The van der Waals surface area contributed by atoms with Gasteiger partial charge in [-0.05, 0) is 40.8 Å². The van der Waals surface area contributed by atoms with Crippen LogP contribution in [0.15, 0.2) is 109 Å². The highest BCUT2D eigenvalue weighted by Crippen LogP contribution is 2.30. The molecule has 0 aliphatic rings. The molecule has 0 bridgehead atoms. The van der Waals surface area contributed by atoms with E-state index in [1.54, 1.807) is 0 Å². The van der Waals surface area contributed by atoms with E-state index in [-0.39, 0.29) is 6.61 Å². The predicted molar refractivity (Wildman–Crippen MR) is 136 cm³/mol. The van der Waals surface area contributed by atoms with Crippen molar-refractivity contribution >= 4 is 5.97 Å². The fourth-order valence-corrected chi connectivity index (χ4v) is 3.56.